The summed E-state index contributed by atoms with van der Waals surface area (Å²) in [5, 5.41) is 3.31. The van der Waals surface area contributed by atoms with Crippen LogP contribution in [-0.4, -0.2) is 68.6 Å². The van der Waals surface area contributed by atoms with E-state index >= 15 is 0 Å². The topological polar surface area (TPSA) is 61.6 Å². The van der Waals surface area contributed by atoms with Crippen LogP contribution >= 0.6 is 0 Å². The zero-order valence-electron chi connectivity index (χ0n) is 12.0. The van der Waals surface area contributed by atoms with Gasteiger partial charge in [-0.1, -0.05) is 0 Å². The predicted molar refractivity (Wildman–Crippen MR) is 74.4 cm³/mol. The van der Waals surface area contributed by atoms with E-state index in [2.05, 4.69) is 17.3 Å². The van der Waals surface area contributed by atoms with E-state index in [9.17, 15) is 4.79 Å². The van der Waals surface area contributed by atoms with Crippen LogP contribution in [0.25, 0.3) is 0 Å². The minimum absolute atomic E-state index is 0.219. The molecule has 1 aliphatic rings. The highest BCUT2D eigenvalue weighted by atomic mass is 16.2. The van der Waals surface area contributed by atoms with E-state index in [0.29, 0.717) is 12.5 Å². The Kier molecular flexibility index (Phi) is 6.60. The molecule has 0 aromatic rings. The third kappa shape index (κ3) is 4.92. The Labute approximate surface area is 111 Å². The number of carbonyl (C=O) groups is 1. The first kappa shape index (κ1) is 15.4. The first-order valence-corrected chi connectivity index (χ1v) is 6.89. The predicted octanol–water partition coefficient (Wildman–Crippen LogP) is -0.134. The van der Waals surface area contributed by atoms with Gasteiger partial charge in [0.15, 0.2) is 0 Å². The van der Waals surface area contributed by atoms with Crippen LogP contribution in [0.2, 0.25) is 0 Å². The first-order chi connectivity index (χ1) is 8.52. The van der Waals surface area contributed by atoms with Crippen molar-refractivity contribution in [1.82, 2.24) is 15.1 Å². The number of nitrogens with two attached hydrogens (primary N) is 1. The van der Waals surface area contributed by atoms with Crippen LogP contribution in [0.15, 0.2) is 0 Å². The van der Waals surface area contributed by atoms with Crippen molar-refractivity contribution < 1.29 is 4.79 Å². The van der Waals surface area contributed by atoms with Gasteiger partial charge in [0, 0.05) is 39.1 Å². The highest BCUT2D eigenvalue weighted by Gasteiger charge is 2.24. The van der Waals surface area contributed by atoms with Crippen molar-refractivity contribution in [2.24, 2.45) is 5.73 Å². The number of nitrogens with zero attached hydrogens (tertiary/aromatic N) is 2. The molecule has 106 valence electrons. The van der Waals surface area contributed by atoms with Gasteiger partial charge >= 0.3 is 0 Å². The summed E-state index contributed by atoms with van der Waals surface area (Å²) in [5.41, 5.74) is 6.11. The minimum atomic E-state index is 0.219. The molecule has 5 nitrogen and oxygen atoms in total. The molecule has 0 radical (unpaired) electrons. The van der Waals surface area contributed by atoms with Crippen LogP contribution in [0.1, 0.15) is 25.7 Å². The third-order valence-electron chi connectivity index (χ3n) is 3.71. The van der Waals surface area contributed by atoms with E-state index in [1.807, 2.05) is 14.1 Å². The molecular formula is C13H28N4O. The maximum Gasteiger partial charge on any atom is 0.222 e. The Morgan fingerprint density at radius 1 is 1.33 bits per heavy atom. The van der Waals surface area contributed by atoms with E-state index in [0.717, 1.165) is 38.9 Å². The smallest absolute Gasteiger partial charge is 0.222 e. The van der Waals surface area contributed by atoms with Crippen LogP contribution < -0.4 is 11.1 Å². The second-order valence-electron chi connectivity index (χ2n) is 5.45. The quantitative estimate of drug-likeness (QED) is 0.650. The number of unbranched alkanes of at least 4 members (excludes halogenated alkanes) is 1. The Morgan fingerprint density at radius 2 is 2.06 bits per heavy atom. The van der Waals surface area contributed by atoms with Crippen LogP contribution in [0, 0.1) is 0 Å². The number of carbonyl (C=O) groups excluding carboxylic acids is 1. The van der Waals surface area contributed by atoms with Crippen LogP contribution in [0.4, 0.5) is 0 Å². The maximum atomic E-state index is 11.4. The second kappa shape index (κ2) is 7.71. The van der Waals surface area contributed by atoms with Crippen molar-refractivity contribution in [3.8, 4) is 0 Å². The highest BCUT2D eigenvalue weighted by molar-refractivity contribution is 5.75. The molecule has 18 heavy (non-hydrogen) atoms. The number of hydrogen-bond acceptors (Lipinski definition) is 4. The molecule has 3 N–H and O–H groups in total. The summed E-state index contributed by atoms with van der Waals surface area (Å²) in [6.07, 6.45) is 3.79. The summed E-state index contributed by atoms with van der Waals surface area (Å²) in [7, 11) is 5.76. The summed E-state index contributed by atoms with van der Waals surface area (Å²) in [5.74, 6) is 0.219. The molecule has 1 aliphatic heterocycles. The lowest BCUT2D eigenvalue weighted by atomic mass is 10.00. The van der Waals surface area contributed by atoms with Gasteiger partial charge in [-0.25, -0.2) is 0 Å². The lowest BCUT2D eigenvalue weighted by Crippen LogP contribution is -2.55. The van der Waals surface area contributed by atoms with Gasteiger partial charge in [0.1, 0.15) is 0 Å². The maximum absolute atomic E-state index is 11.4. The summed E-state index contributed by atoms with van der Waals surface area (Å²) >= 11 is 0. The number of nitrogens with one attached hydrogen (secondary N) is 1. The molecule has 1 heterocycles. The standard InChI is InChI=1S/C13H28N4O/c1-16(2)13(18)6-4-5-9-17(3)12-7-8-15-10-11(12)14/h11-12,15H,4-10,14H2,1-3H3. The Balaban J connectivity index is 2.16. The average Bonchev–Trinajstić information content (AvgIpc) is 2.34. The molecule has 0 bridgehead atoms. The first-order valence-electron chi connectivity index (χ1n) is 6.89. The Hall–Kier alpha value is -0.650. The van der Waals surface area contributed by atoms with Gasteiger partial charge in [-0.15, -0.1) is 0 Å². The number of rotatable bonds is 6. The van der Waals surface area contributed by atoms with E-state index in [1.165, 1.54) is 0 Å². The van der Waals surface area contributed by atoms with Crippen LogP contribution in [0.3, 0.4) is 0 Å². The molecule has 1 rings (SSSR count). The molecule has 0 aliphatic carbocycles. The molecule has 0 saturated carbocycles. The minimum Gasteiger partial charge on any atom is -0.349 e. The number of piperidine rings is 1. The monoisotopic (exact) mass is 256 g/mol. The molecule has 0 aromatic carbocycles. The molecule has 1 saturated heterocycles. The van der Waals surface area contributed by atoms with E-state index in [1.54, 1.807) is 4.90 Å². The van der Waals surface area contributed by atoms with Crippen molar-refractivity contribution in [2.45, 2.75) is 37.8 Å². The Bertz CT molecular complexity index is 257. The van der Waals surface area contributed by atoms with Crippen molar-refractivity contribution in [3.63, 3.8) is 0 Å². The molecule has 0 aromatic heterocycles. The van der Waals surface area contributed by atoms with E-state index in [-0.39, 0.29) is 11.9 Å². The second-order valence-corrected chi connectivity index (χ2v) is 5.45. The zero-order valence-corrected chi connectivity index (χ0v) is 12.0. The third-order valence-corrected chi connectivity index (χ3v) is 3.71. The lowest BCUT2D eigenvalue weighted by molar-refractivity contribution is -0.128. The molecule has 1 fully saturated rings. The van der Waals surface area contributed by atoms with Gasteiger partial charge < -0.3 is 20.9 Å². The SMILES string of the molecule is CN(C)C(=O)CCCCN(C)C1CCNCC1N. The van der Waals surface area contributed by atoms with E-state index in [4.69, 9.17) is 5.73 Å². The van der Waals surface area contributed by atoms with Gasteiger partial charge in [-0.05, 0) is 39.4 Å². The van der Waals surface area contributed by atoms with Gasteiger partial charge in [-0.3, -0.25) is 4.79 Å². The largest absolute Gasteiger partial charge is 0.349 e. The summed E-state index contributed by atoms with van der Waals surface area (Å²) < 4.78 is 0. The van der Waals surface area contributed by atoms with Crippen molar-refractivity contribution in [2.75, 3.05) is 40.8 Å². The molecule has 5 heteroatoms. The number of amides is 1. The summed E-state index contributed by atoms with van der Waals surface area (Å²) in [6.45, 7) is 3.00. The van der Waals surface area contributed by atoms with Gasteiger partial charge in [0.05, 0.1) is 0 Å². The molecule has 0 spiro atoms. The molecule has 2 unspecified atom stereocenters. The normalized spacial score (nSPS) is 24.3. The van der Waals surface area contributed by atoms with Crippen molar-refractivity contribution in [1.29, 1.82) is 0 Å². The average molecular weight is 256 g/mol. The molecular weight excluding hydrogens is 228 g/mol. The Morgan fingerprint density at radius 3 is 2.67 bits per heavy atom. The fourth-order valence-electron chi connectivity index (χ4n) is 2.44. The summed E-state index contributed by atoms with van der Waals surface area (Å²) in [6, 6.07) is 0.711. The number of hydrogen-bond donors (Lipinski definition) is 2. The van der Waals surface area contributed by atoms with Crippen LogP contribution in [0.5, 0.6) is 0 Å². The van der Waals surface area contributed by atoms with Gasteiger partial charge in [0.25, 0.3) is 0 Å². The van der Waals surface area contributed by atoms with Gasteiger partial charge in [0.2, 0.25) is 5.91 Å². The summed E-state index contributed by atoms with van der Waals surface area (Å²) in [4.78, 5) is 15.4. The zero-order chi connectivity index (χ0) is 13.5. The highest BCUT2D eigenvalue weighted by Crippen LogP contribution is 2.10. The number of likely N-dealkylation sites (N-methyl/N-ethyl adjacent to an activating group) is 1. The fraction of sp³-hybridized carbons (Fsp3) is 0.923. The van der Waals surface area contributed by atoms with Gasteiger partial charge in [-0.2, -0.15) is 0 Å². The van der Waals surface area contributed by atoms with Crippen LogP contribution in [-0.2, 0) is 4.79 Å². The van der Waals surface area contributed by atoms with Crippen molar-refractivity contribution >= 4 is 5.91 Å². The van der Waals surface area contributed by atoms with E-state index < -0.39 is 0 Å². The van der Waals surface area contributed by atoms with Crippen molar-refractivity contribution in [3.05, 3.63) is 0 Å². The fourth-order valence-corrected chi connectivity index (χ4v) is 2.44. The molecule has 1 amide bonds. The molecule has 2 atom stereocenters. The lowest BCUT2D eigenvalue weighted by Gasteiger charge is -2.36.